The van der Waals surface area contributed by atoms with Gasteiger partial charge in [-0.3, -0.25) is 9.59 Å². The molecule has 0 spiro atoms. The van der Waals surface area contributed by atoms with E-state index in [0.717, 1.165) is 44.9 Å². The number of carbonyl (C=O) groups excluding carboxylic acids is 3. The van der Waals surface area contributed by atoms with Crippen LogP contribution in [0.4, 0.5) is 0 Å². The lowest BCUT2D eigenvalue weighted by Gasteiger charge is -2.34. The van der Waals surface area contributed by atoms with Gasteiger partial charge in [0.25, 0.3) is 0 Å². The number of rotatable bonds is 26. The first-order valence-corrected chi connectivity index (χ1v) is 16.0. The van der Waals surface area contributed by atoms with Gasteiger partial charge in [0.15, 0.2) is 6.10 Å². The maximum Gasteiger partial charge on any atom is 0.309 e. The molecule has 0 saturated carbocycles. The Labute approximate surface area is 266 Å². The molecule has 2 atom stereocenters. The Morgan fingerprint density at radius 1 is 0.705 bits per heavy atom. The van der Waals surface area contributed by atoms with Crippen molar-refractivity contribution in [3.63, 3.8) is 0 Å². The molecule has 0 rings (SSSR count). The number of carbonyl (C=O) groups is 3. The molecule has 0 aliphatic heterocycles. The summed E-state index contributed by atoms with van der Waals surface area (Å²) in [5.41, 5.74) is 0. The molecule has 0 fully saturated rings. The van der Waals surface area contributed by atoms with Crippen molar-refractivity contribution in [1.82, 2.24) is 0 Å². The van der Waals surface area contributed by atoms with Gasteiger partial charge in [0.05, 0.1) is 46.7 Å². The number of hydrogen-bond donors (Lipinski definition) is 0. The summed E-state index contributed by atoms with van der Waals surface area (Å²) in [5.74, 6) is -1.98. The van der Waals surface area contributed by atoms with Crippen LogP contribution in [-0.4, -0.2) is 75.5 Å². The van der Waals surface area contributed by atoms with Crippen molar-refractivity contribution in [3.8, 4) is 0 Å². The van der Waals surface area contributed by atoms with Crippen LogP contribution >= 0.6 is 0 Å². The molecule has 0 aromatic carbocycles. The fourth-order valence-electron chi connectivity index (χ4n) is 3.92. The van der Waals surface area contributed by atoms with E-state index in [0.29, 0.717) is 6.42 Å². The van der Waals surface area contributed by atoms with E-state index in [9.17, 15) is 19.5 Å². The van der Waals surface area contributed by atoms with Gasteiger partial charge >= 0.3 is 11.9 Å². The summed E-state index contributed by atoms with van der Waals surface area (Å²) < 4.78 is 16.8. The number of allylic oxidation sites excluding steroid dienone is 11. The lowest BCUT2D eigenvalue weighted by Crippen LogP contribution is -2.55. The molecule has 0 aliphatic carbocycles. The zero-order chi connectivity index (χ0) is 32.9. The van der Waals surface area contributed by atoms with Gasteiger partial charge in [0.2, 0.25) is 0 Å². The molecule has 0 heterocycles. The average molecular weight is 616 g/mol. The normalized spacial score (nSPS) is 14.1. The van der Waals surface area contributed by atoms with Crippen molar-refractivity contribution in [3.05, 3.63) is 72.9 Å². The molecular formula is C36H57NO7. The predicted molar refractivity (Wildman–Crippen MR) is 175 cm³/mol. The zero-order valence-corrected chi connectivity index (χ0v) is 27.8. The molecule has 0 amide bonds. The van der Waals surface area contributed by atoms with Crippen LogP contribution in [0.15, 0.2) is 72.9 Å². The molecule has 0 N–H and O–H groups in total. The molecule has 0 radical (unpaired) electrons. The van der Waals surface area contributed by atoms with Crippen LogP contribution in [0.25, 0.3) is 0 Å². The van der Waals surface area contributed by atoms with Gasteiger partial charge < -0.3 is 28.6 Å². The Kier molecular flexibility index (Phi) is 25.3. The highest BCUT2D eigenvalue weighted by molar-refractivity contribution is 5.71. The number of carboxylic acids is 1. The third-order valence-electron chi connectivity index (χ3n) is 6.37. The second kappa shape index (κ2) is 27.3. The van der Waals surface area contributed by atoms with E-state index in [4.69, 9.17) is 14.2 Å². The second-order valence-corrected chi connectivity index (χ2v) is 11.3. The van der Waals surface area contributed by atoms with Crippen molar-refractivity contribution in [2.75, 3.05) is 41.0 Å². The molecular weight excluding hydrogens is 558 g/mol. The molecule has 8 heteroatoms. The molecule has 0 saturated heterocycles. The fourth-order valence-corrected chi connectivity index (χ4v) is 3.92. The van der Waals surface area contributed by atoms with Crippen molar-refractivity contribution in [2.45, 2.75) is 96.6 Å². The van der Waals surface area contributed by atoms with Crippen LogP contribution in [0.2, 0.25) is 0 Å². The molecule has 0 aromatic heterocycles. The van der Waals surface area contributed by atoms with E-state index in [2.05, 4.69) is 68.5 Å². The Morgan fingerprint density at radius 2 is 1.23 bits per heavy atom. The summed E-state index contributed by atoms with van der Waals surface area (Å²) in [6, 6.07) is -0.746. The number of esters is 2. The first kappa shape index (κ1) is 40.8. The molecule has 0 aliphatic rings. The van der Waals surface area contributed by atoms with E-state index in [1.165, 1.54) is 0 Å². The third-order valence-corrected chi connectivity index (χ3v) is 6.37. The number of likely N-dealkylation sites (N-methyl/N-ethyl adjacent to an activating group) is 1. The lowest BCUT2D eigenvalue weighted by atomic mass is 10.1. The van der Waals surface area contributed by atoms with Crippen LogP contribution in [0.5, 0.6) is 0 Å². The molecule has 44 heavy (non-hydrogen) atoms. The molecule has 8 nitrogen and oxygen atoms in total. The van der Waals surface area contributed by atoms with Crippen molar-refractivity contribution in [2.24, 2.45) is 0 Å². The van der Waals surface area contributed by atoms with Gasteiger partial charge in [0, 0.05) is 12.8 Å². The summed E-state index contributed by atoms with van der Waals surface area (Å²) in [5, 5.41) is 11.5. The van der Waals surface area contributed by atoms with Gasteiger partial charge in [-0.1, -0.05) is 86.8 Å². The molecule has 248 valence electrons. The minimum absolute atomic E-state index is 0.0112. The molecule has 2 unspecified atom stereocenters. The van der Waals surface area contributed by atoms with Crippen molar-refractivity contribution in [1.29, 1.82) is 0 Å². The number of nitrogens with zero attached hydrogens (tertiary/aromatic N) is 1. The molecule has 0 bridgehead atoms. The quantitative estimate of drug-likeness (QED) is 0.0513. The minimum atomic E-state index is -1.15. The lowest BCUT2D eigenvalue weighted by molar-refractivity contribution is -0.889. The Balaban J connectivity index is 4.73. The number of hydrogen-bond acceptors (Lipinski definition) is 7. The Hall–Kier alpha value is -3.23. The number of unbranched alkanes of at least 4 members (excludes halogenated alkanes) is 1. The largest absolute Gasteiger partial charge is 0.544 e. The van der Waals surface area contributed by atoms with E-state index >= 15 is 0 Å². The van der Waals surface area contributed by atoms with Crippen LogP contribution in [-0.2, 0) is 28.6 Å². The first-order valence-electron chi connectivity index (χ1n) is 16.0. The van der Waals surface area contributed by atoms with Crippen molar-refractivity contribution < 1.29 is 38.2 Å². The Bertz CT molecular complexity index is 954. The molecule has 0 aromatic rings. The highest BCUT2D eigenvalue weighted by Gasteiger charge is 2.25. The van der Waals surface area contributed by atoms with Gasteiger partial charge in [-0.05, 0) is 51.4 Å². The van der Waals surface area contributed by atoms with E-state index in [-0.39, 0.29) is 43.6 Å². The summed E-state index contributed by atoms with van der Waals surface area (Å²) in [6.07, 6.45) is 31.3. The van der Waals surface area contributed by atoms with E-state index < -0.39 is 30.1 Å². The topological polar surface area (TPSA) is 102 Å². The maximum atomic E-state index is 12.5. The van der Waals surface area contributed by atoms with Crippen LogP contribution in [0, 0.1) is 0 Å². The first-order chi connectivity index (χ1) is 21.1. The van der Waals surface area contributed by atoms with Gasteiger partial charge in [-0.15, -0.1) is 0 Å². The highest BCUT2D eigenvalue weighted by atomic mass is 16.6. The van der Waals surface area contributed by atoms with Gasteiger partial charge in [-0.25, -0.2) is 0 Å². The zero-order valence-electron chi connectivity index (χ0n) is 27.8. The van der Waals surface area contributed by atoms with Gasteiger partial charge in [0.1, 0.15) is 12.6 Å². The summed E-state index contributed by atoms with van der Waals surface area (Å²) in [6.45, 7) is 4.19. The third kappa shape index (κ3) is 25.3. The highest BCUT2D eigenvalue weighted by Crippen LogP contribution is 2.09. The fraction of sp³-hybridized carbons (Fsp3) is 0.583. The number of aliphatic carboxylic acids is 1. The maximum absolute atomic E-state index is 12.5. The monoisotopic (exact) mass is 615 g/mol. The minimum Gasteiger partial charge on any atom is -0.544 e. The number of carboxylic acid groups (broad SMARTS) is 1. The van der Waals surface area contributed by atoms with E-state index in [1.807, 2.05) is 12.2 Å². The second-order valence-electron chi connectivity index (χ2n) is 11.3. The number of ether oxygens (including phenoxy) is 3. The summed E-state index contributed by atoms with van der Waals surface area (Å²) in [7, 11) is 5.33. The van der Waals surface area contributed by atoms with Crippen LogP contribution in [0.1, 0.15) is 84.5 Å². The van der Waals surface area contributed by atoms with Gasteiger partial charge in [-0.2, -0.15) is 0 Å². The van der Waals surface area contributed by atoms with E-state index in [1.54, 1.807) is 27.2 Å². The van der Waals surface area contributed by atoms with Crippen LogP contribution in [0.3, 0.4) is 0 Å². The SMILES string of the molecule is CC/C=C/C/C=C/C/C=C/CCCC(=O)OC(COCCC(C(=O)[O-])[N+](C)(C)C)COC(=O)C/C=C/C/C=C/C/C=C/CC. The smallest absolute Gasteiger partial charge is 0.309 e. The predicted octanol–water partition coefficient (Wildman–Crippen LogP) is 5.95. The average Bonchev–Trinajstić information content (AvgIpc) is 2.96. The summed E-state index contributed by atoms with van der Waals surface area (Å²) >= 11 is 0. The van der Waals surface area contributed by atoms with Crippen molar-refractivity contribution >= 4 is 17.9 Å². The van der Waals surface area contributed by atoms with Crippen LogP contribution < -0.4 is 5.11 Å². The standard InChI is InChI=1S/C36H57NO7/c1-6-8-10-12-14-16-17-19-21-23-25-27-35(39)44-32(30-42-29-28-33(36(40)41)37(3,4)5)31-43-34(38)26-24-22-20-18-15-13-11-9-7-2/h8-11,14-16,18-19,21-22,24,32-33H,6-7,12-13,17,20,23,25-31H2,1-5H3/b10-8+,11-9+,16-14+,18-15+,21-19+,24-22+. The summed E-state index contributed by atoms with van der Waals surface area (Å²) in [4.78, 5) is 36.3. The Morgan fingerprint density at radius 3 is 1.75 bits per heavy atom. The number of quaternary nitrogens is 1.